The Kier molecular flexibility index (Phi) is 7.49. The molecule has 0 unspecified atom stereocenters. The summed E-state index contributed by atoms with van der Waals surface area (Å²) < 4.78 is 12.8. The molecule has 0 radical (unpaired) electrons. The van der Waals surface area contributed by atoms with E-state index in [1.54, 1.807) is 12.1 Å². The third kappa shape index (κ3) is 6.67. The van der Waals surface area contributed by atoms with Crippen molar-refractivity contribution in [1.29, 1.82) is 0 Å². The SMILES string of the molecule is CCNCC1CCN(CC(=O)NCCc2ccc(F)cc2)CC1. The number of carbonyl (C=O) groups is 1. The van der Waals surface area contributed by atoms with Crippen molar-refractivity contribution < 1.29 is 9.18 Å². The second-order valence-electron chi connectivity index (χ2n) is 6.25. The lowest BCUT2D eigenvalue weighted by Gasteiger charge is -2.31. The molecule has 0 aliphatic carbocycles. The highest BCUT2D eigenvalue weighted by molar-refractivity contribution is 5.78. The van der Waals surface area contributed by atoms with Gasteiger partial charge in [0.05, 0.1) is 6.54 Å². The fourth-order valence-electron chi connectivity index (χ4n) is 2.95. The Morgan fingerprint density at radius 2 is 1.96 bits per heavy atom. The van der Waals surface area contributed by atoms with Gasteiger partial charge in [-0.25, -0.2) is 4.39 Å². The van der Waals surface area contributed by atoms with Crippen molar-refractivity contribution in [2.45, 2.75) is 26.2 Å². The molecule has 23 heavy (non-hydrogen) atoms. The number of halogens is 1. The second kappa shape index (κ2) is 9.63. The van der Waals surface area contributed by atoms with Gasteiger partial charge in [-0.3, -0.25) is 9.69 Å². The molecule has 5 heteroatoms. The van der Waals surface area contributed by atoms with Crippen LogP contribution < -0.4 is 10.6 Å². The van der Waals surface area contributed by atoms with Gasteiger partial charge >= 0.3 is 0 Å². The fraction of sp³-hybridized carbons (Fsp3) is 0.611. The quantitative estimate of drug-likeness (QED) is 0.767. The molecule has 2 rings (SSSR count). The molecule has 1 aromatic carbocycles. The third-order valence-electron chi connectivity index (χ3n) is 4.41. The van der Waals surface area contributed by atoms with Crippen LogP contribution in [0, 0.1) is 11.7 Å². The summed E-state index contributed by atoms with van der Waals surface area (Å²) in [6.07, 6.45) is 3.06. The molecule has 128 valence electrons. The first-order chi connectivity index (χ1) is 11.2. The topological polar surface area (TPSA) is 44.4 Å². The summed E-state index contributed by atoms with van der Waals surface area (Å²) in [4.78, 5) is 14.2. The molecule has 0 atom stereocenters. The number of amides is 1. The minimum Gasteiger partial charge on any atom is -0.355 e. The van der Waals surface area contributed by atoms with Crippen molar-refractivity contribution >= 4 is 5.91 Å². The average Bonchev–Trinajstić information content (AvgIpc) is 2.56. The van der Waals surface area contributed by atoms with Gasteiger partial charge in [-0.15, -0.1) is 0 Å². The molecule has 1 saturated heterocycles. The van der Waals surface area contributed by atoms with Gasteiger partial charge in [0.2, 0.25) is 5.91 Å². The molecule has 0 saturated carbocycles. The summed E-state index contributed by atoms with van der Waals surface area (Å²) in [6, 6.07) is 6.43. The minimum absolute atomic E-state index is 0.0808. The van der Waals surface area contributed by atoms with E-state index in [9.17, 15) is 9.18 Å². The molecule has 1 fully saturated rings. The maximum absolute atomic E-state index is 12.8. The van der Waals surface area contributed by atoms with Crippen LogP contribution in [0.4, 0.5) is 4.39 Å². The standard InChI is InChI=1S/C18H28FN3O/c1-2-20-13-16-8-11-22(12-9-16)14-18(23)21-10-7-15-3-5-17(19)6-4-15/h3-6,16,20H,2,7-14H2,1H3,(H,21,23). The van der Waals surface area contributed by atoms with Crippen LogP contribution in [0.15, 0.2) is 24.3 Å². The van der Waals surface area contributed by atoms with Gasteiger partial charge < -0.3 is 10.6 Å². The number of rotatable bonds is 8. The summed E-state index contributed by atoms with van der Waals surface area (Å²) in [5.74, 6) is 0.598. The molecule has 1 aromatic rings. The van der Waals surface area contributed by atoms with E-state index in [0.717, 1.165) is 56.9 Å². The Labute approximate surface area is 138 Å². The monoisotopic (exact) mass is 321 g/mol. The molecule has 1 heterocycles. The first-order valence-electron chi connectivity index (χ1n) is 8.61. The maximum atomic E-state index is 12.8. The predicted molar refractivity (Wildman–Crippen MR) is 90.8 cm³/mol. The van der Waals surface area contributed by atoms with Gasteiger partial charge in [-0.2, -0.15) is 0 Å². The van der Waals surface area contributed by atoms with Crippen molar-refractivity contribution in [2.24, 2.45) is 5.92 Å². The lowest BCUT2D eigenvalue weighted by atomic mass is 9.97. The van der Waals surface area contributed by atoms with Gasteiger partial charge in [-0.05, 0) is 69.1 Å². The van der Waals surface area contributed by atoms with E-state index in [1.165, 1.54) is 12.1 Å². The number of benzene rings is 1. The predicted octanol–water partition coefficient (Wildman–Crippen LogP) is 1.81. The van der Waals surface area contributed by atoms with Gasteiger partial charge in [0.15, 0.2) is 0 Å². The number of carbonyl (C=O) groups excluding carboxylic acids is 1. The van der Waals surface area contributed by atoms with E-state index in [-0.39, 0.29) is 11.7 Å². The van der Waals surface area contributed by atoms with Gasteiger partial charge in [-0.1, -0.05) is 19.1 Å². The number of nitrogens with one attached hydrogen (secondary N) is 2. The lowest BCUT2D eigenvalue weighted by Crippen LogP contribution is -2.43. The molecule has 1 aliphatic heterocycles. The summed E-state index contributed by atoms with van der Waals surface area (Å²) in [6.45, 7) is 7.33. The van der Waals surface area contributed by atoms with E-state index in [2.05, 4.69) is 22.5 Å². The first kappa shape index (κ1) is 17.9. The summed E-state index contributed by atoms with van der Waals surface area (Å²) in [7, 11) is 0. The fourth-order valence-corrected chi connectivity index (χ4v) is 2.95. The second-order valence-corrected chi connectivity index (χ2v) is 6.25. The number of hydrogen-bond acceptors (Lipinski definition) is 3. The van der Waals surface area contributed by atoms with E-state index in [0.29, 0.717) is 13.1 Å². The Morgan fingerprint density at radius 3 is 2.61 bits per heavy atom. The number of piperidine rings is 1. The van der Waals surface area contributed by atoms with E-state index in [1.807, 2.05) is 0 Å². The summed E-state index contributed by atoms with van der Waals surface area (Å²) in [5.41, 5.74) is 1.04. The van der Waals surface area contributed by atoms with Crippen molar-refractivity contribution in [2.75, 3.05) is 39.3 Å². The van der Waals surface area contributed by atoms with Crippen molar-refractivity contribution in [3.63, 3.8) is 0 Å². The van der Waals surface area contributed by atoms with Gasteiger partial charge in [0.1, 0.15) is 5.82 Å². The van der Waals surface area contributed by atoms with Crippen LogP contribution in [0.3, 0.4) is 0 Å². The Hall–Kier alpha value is -1.46. The molecule has 2 N–H and O–H groups in total. The molecule has 4 nitrogen and oxygen atoms in total. The summed E-state index contributed by atoms with van der Waals surface area (Å²) >= 11 is 0. The van der Waals surface area contributed by atoms with Crippen LogP contribution in [0.1, 0.15) is 25.3 Å². The highest BCUT2D eigenvalue weighted by Crippen LogP contribution is 2.15. The Bertz CT molecular complexity index is 470. The van der Waals surface area contributed by atoms with E-state index >= 15 is 0 Å². The van der Waals surface area contributed by atoms with E-state index in [4.69, 9.17) is 0 Å². The van der Waals surface area contributed by atoms with Crippen molar-refractivity contribution in [1.82, 2.24) is 15.5 Å². The average molecular weight is 321 g/mol. The van der Waals surface area contributed by atoms with Crippen LogP contribution in [-0.4, -0.2) is 50.1 Å². The largest absolute Gasteiger partial charge is 0.355 e. The lowest BCUT2D eigenvalue weighted by molar-refractivity contribution is -0.122. The number of nitrogens with zero attached hydrogens (tertiary/aromatic N) is 1. The summed E-state index contributed by atoms with van der Waals surface area (Å²) in [5, 5.41) is 6.35. The molecule has 0 spiro atoms. The Morgan fingerprint density at radius 1 is 1.26 bits per heavy atom. The van der Waals surface area contributed by atoms with E-state index < -0.39 is 0 Å². The van der Waals surface area contributed by atoms with Crippen LogP contribution in [0.25, 0.3) is 0 Å². The smallest absolute Gasteiger partial charge is 0.234 e. The normalized spacial score (nSPS) is 16.4. The van der Waals surface area contributed by atoms with Crippen LogP contribution in [-0.2, 0) is 11.2 Å². The first-order valence-corrected chi connectivity index (χ1v) is 8.61. The highest BCUT2D eigenvalue weighted by atomic mass is 19.1. The van der Waals surface area contributed by atoms with Gasteiger partial charge in [0, 0.05) is 6.54 Å². The number of likely N-dealkylation sites (tertiary alicyclic amines) is 1. The van der Waals surface area contributed by atoms with Crippen LogP contribution in [0.2, 0.25) is 0 Å². The molecule has 1 aliphatic rings. The van der Waals surface area contributed by atoms with Crippen molar-refractivity contribution in [3.8, 4) is 0 Å². The zero-order valence-corrected chi connectivity index (χ0v) is 14.0. The van der Waals surface area contributed by atoms with Crippen LogP contribution >= 0.6 is 0 Å². The van der Waals surface area contributed by atoms with Crippen LogP contribution in [0.5, 0.6) is 0 Å². The van der Waals surface area contributed by atoms with Gasteiger partial charge in [0.25, 0.3) is 0 Å². The maximum Gasteiger partial charge on any atom is 0.234 e. The molecular formula is C18H28FN3O. The molecule has 0 aromatic heterocycles. The third-order valence-corrected chi connectivity index (χ3v) is 4.41. The molecule has 0 bridgehead atoms. The Balaban J connectivity index is 1.59. The number of hydrogen-bond donors (Lipinski definition) is 2. The highest BCUT2D eigenvalue weighted by Gasteiger charge is 2.20. The molecular weight excluding hydrogens is 293 g/mol. The zero-order chi connectivity index (χ0) is 16.5. The minimum atomic E-state index is -0.227. The molecule has 1 amide bonds. The van der Waals surface area contributed by atoms with Crippen molar-refractivity contribution in [3.05, 3.63) is 35.6 Å². The zero-order valence-electron chi connectivity index (χ0n) is 14.0.